The number of hydrogen-bond acceptors (Lipinski definition) is 4. The molecule has 1 unspecified atom stereocenters. The molecule has 1 aliphatic heterocycles. The van der Waals surface area contributed by atoms with Gasteiger partial charge in [0.25, 0.3) is 5.91 Å². The highest BCUT2D eigenvalue weighted by molar-refractivity contribution is 7.09. The van der Waals surface area contributed by atoms with E-state index in [-0.39, 0.29) is 11.9 Å². The molecule has 1 saturated heterocycles. The van der Waals surface area contributed by atoms with E-state index in [0.717, 1.165) is 43.3 Å². The van der Waals surface area contributed by atoms with Crippen LogP contribution < -0.4 is 5.73 Å². The second-order valence-electron chi connectivity index (χ2n) is 6.28. The Bertz CT molecular complexity index is 450. The lowest BCUT2D eigenvalue weighted by Crippen LogP contribution is -2.38. The van der Waals surface area contributed by atoms with E-state index in [1.165, 1.54) is 11.3 Å². The molecule has 0 bridgehead atoms. The number of rotatable bonds is 4. The van der Waals surface area contributed by atoms with Crippen molar-refractivity contribution in [2.45, 2.75) is 46.1 Å². The maximum atomic E-state index is 12.4. The number of aromatic nitrogens is 1. The molecule has 0 aliphatic carbocycles. The summed E-state index contributed by atoms with van der Waals surface area (Å²) < 4.78 is 0. The summed E-state index contributed by atoms with van der Waals surface area (Å²) in [6.45, 7) is 8.24. The van der Waals surface area contributed by atoms with Crippen LogP contribution in [0.5, 0.6) is 0 Å². The fraction of sp³-hybridized carbons (Fsp3) is 0.733. The van der Waals surface area contributed by atoms with Gasteiger partial charge in [0, 0.05) is 18.5 Å². The lowest BCUT2D eigenvalue weighted by molar-refractivity contribution is 0.0692. The van der Waals surface area contributed by atoms with Crippen LogP contribution in [0.1, 0.15) is 61.6 Å². The molecule has 2 heterocycles. The predicted molar refractivity (Wildman–Crippen MR) is 82.8 cm³/mol. The molecule has 1 aromatic heterocycles. The molecule has 0 radical (unpaired) electrons. The second-order valence-corrected chi connectivity index (χ2v) is 7.17. The Morgan fingerprint density at radius 3 is 2.75 bits per heavy atom. The lowest BCUT2D eigenvalue weighted by Gasteiger charge is -2.29. The molecule has 2 rings (SSSR count). The normalized spacial score (nSPS) is 18.6. The Balaban J connectivity index is 1.99. The molecule has 5 heteroatoms. The Labute approximate surface area is 125 Å². The molecule has 112 valence electrons. The third-order valence-corrected chi connectivity index (χ3v) is 4.83. The van der Waals surface area contributed by atoms with E-state index in [0.29, 0.717) is 11.6 Å². The first kappa shape index (κ1) is 15.4. The summed E-state index contributed by atoms with van der Waals surface area (Å²) in [7, 11) is 0. The quantitative estimate of drug-likeness (QED) is 0.928. The van der Waals surface area contributed by atoms with Crippen molar-refractivity contribution in [2.75, 3.05) is 13.1 Å². The zero-order chi connectivity index (χ0) is 14.7. The smallest absolute Gasteiger partial charge is 0.273 e. The molecule has 1 amide bonds. The maximum absolute atomic E-state index is 12.4. The molecule has 1 fully saturated rings. The van der Waals surface area contributed by atoms with Crippen LogP contribution >= 0.6 is 11.3 Å². The number of nitrogens with two attached hydrogens (primary N) is 1. The molecule has 0 spiro atoms. The van der Waals surface area contributed by atoms with Gasteiger partial charge in [0.1, 0.15) is 10.7 Å². The summed E-state index contributed by atoms with van der Waals surface area (Å²) in [6.07, 6.45) is 3.09. The first-order valence-corrected chi connectivity index (χ1v) is 8.35. The average Bonchev–Trinajstić information content (AvgIpc) is 2.87. The number of carbonyl (C=O) groups excluding carboxylic acids is 1. The molecule has 2 N–H and O–H groups in total. The minimum absolute atomic E-state index is 0.0528. The van der Waals surface area contributed by atoms with Crippen molar-refractivity contribution in [1.82, 2.24) is 9.88 Å². The molecule has 20 heavy (non-hydrogen) atoms. The van der Waals surface area contributed by atoms with Gasteiger partial charge < -0.3 is 10.6 Å². The van der Waals surface area contributed by atoms with E-state index >= 15 is 0 Å². The van der Waals surface area contributed by atoms with Gasteiger partial charge in [-0.2, -0.15) is 0 Å². The number of likely N-dealkylation sites (tertiary alicyclic amines) is 1. The highest BCUT2D eigenvalue weighted by Crippen LogP contribution is 2.24. The van der Waals surface area contributed by atoms with Crippen molar-refractivity contribution >= 4 is 17.2 Å². The van der Waals surface area contributed by atoms with Crippen LogP contribution in [0.25, 0.3) is 0 Å². The van der Waals surface area contributed by atoms with Crippen molar-refractivity contribution < 1.29 is 4.79 Å². The third-order valence-electron chi connectivity index (χ3n) is 3.85. The summed E-state index contributed by atoms with van der Waals surface area (Å²) in [4.78, 5) is 18.8. The summed E-state index contributed by atoms with van der Waals surface area (Å²) in [5.74, 6) is 1.33. The number of nitrogens with zero attached hydrogens (tertiary/aromatic N) is 2. The summed E-state index contributed by atoms with van der Waals surface area (Å²) in [5.41, 5.74) is 6.70. The molecule has 1 atom stereocenters. The first-order chi connectivity index (χ1) is 9.47. The predicted octanol–water partition coefficient (Wildman–Crippen LogP) is 3.06. The van der Waals surface area contributed by atoms with E-state index in [1.807, 2.05) is 10.3 Å². The Hall–Kier alpha value is -0.940. The highest BCUT2D eigenvalue weighted by Gasteiger charge is 2.24. The van der Waals surface area contributed by atoms with Gasteiger partial charge in [-0.3, -0.25) is 4.79 Å². The molecule has 0 saturated carbocycles. The van der Waals surface area contributed by atoms with Gasteiger partial charge in [-0.05, 0) is 31.1 Å². The van der Waals surface area contributed by atoms with Gasteiger partial charge in [-0.1, -0.05) is 20.8 Å². The van der Waals surface area contributed by atoms with E-state index in [1.54, 1.807) is 0 Å². The first-order valence-electron chi connectivity index (χ1n) is 7.47. The average molecular weight is 295 g/mol. The second kappa shape index (κ2) is 6.68. The molecule has 4 nitrogen and oxygen atoms in total. The van der Waals surface area contributed by atoms with Gasteiger partial charge >= 0.3 is 0 Å². The maximum Gasteiger partial charge on any atom is 0.273 e. The third kappa shape index (κ3) is 3.79. The van der Waals surface area contributed by atoms with E-state index in [4.69, 9.17) is 5.73 Å². The number of amides is 1. The fourth-order valence-corrected chi connectivity index (χ4v) is 3.35. The highest BCUT2D eigenvalue weighted by atomic mass is 32.1. The van der Waals surface area contributed by atoms with E-state index < -0.39 is 0 Å². The largest absolute Gasteiger partial charge is 0.337 e. The van der Waals surface area contributed by atoms with Crippen molar-refractivity contribution in [2.24, 2.45) is 17.6 Å². The minimum Gasteiger partial charge on any atom is -0.337 e. The summed E-state index contributed by atoms with van der Waals surface area (Å²) in [6, 6.07) is -0.0528. The van der Waals surface area contributed by atoms with Crippen LogP contribution in [0, 0.1) is 11.8 Å². The molecular weight excluding hydrogens is 270 g/mol. The number of hydrogen-bond donors (Lipinski definition) is 1. The monoisotopic (exact) mass is 295 g/mol. The van der Waals surface area contributed by atoms with Gasteiger partial charge in [-0.25, -0.2) is 4.98 Å². The van der Waals surface area contributed by atoms with Crippen molar-refractivity contribution in [1.29, 1.82) is 0 Å². The molecular formula is C15H25N3OS. The summed E-state index contributed by atoms with van der Waals surface area (Å²) in [5, 5.41) is 2.74. The Morgan fingerprint density at radius 1 is 1.50 bits per heavy atom. The topological polar surface area (TPSA) is 59.2 Å². The minimum atomic E-state index is -0.0528. The van der Waals surface area contributed by atoms with Crippen LogP contribution in [-0.4, -0.2) is 28.9 Å². The van der Waals surface area contributed by atoms with Crippen LogP contribution in [0.3, 0.4) is 0 Å². The number of piperidine rings is 1. The Morgan fingerprint density at radius 2 is 2.15 bits per heavy atom. The van der Waals surface area contributed by atoms with Gasteiger partial charge in [0.15, 0.2) is 0 Å². The lowest BCUT2D eigenvalue weighted by atomic mass is 9.99. The van der Waals surface area contributed by atoms with Crippen molar-refractivity contribution in [3.05, 3.63) is 16.1 Å². The van der Waals surface area contributed by atoms with Crippen LogP contribution in [-0.2, 0) is 0 Å². The zero-order valence-corrected chi connectivity index (χ0v) is 13.4. The summed E-state index contributed by atoms with van der Waals surface area (Å²) >= 11 is 1.51. The number of carbonyl (C=O) groups is 1. The Kier molecular flexibility index (Phi) is 5.16. The van der Waals surface area contributed by atoms with E-state index in [9.17, 15) is 4.79 Å². The molecule has 1 aromatic rings. The molecule has 1 aliphatic rings. The van der Waals surface area contributed by atoms with Gasteiger partial charge in [-0.15, -0.1) is 11.3 Å². The standard InChI is InChI=1S/C15H25N3OS/c1-10(2)8-12(16)14-17-13(9-20-14)15(19)18-6-4-11(3)5-7-18/h9-12H,4-8,16H2,1-3H3. The van der Waals surface area contributed by atoms with Crippen molar-refractivity contribution in [3.63, 3.8) is 0 Å². The van der Waals surface area contributed by atoms with Crippen LogP contribution in [0.15, 0.2) is 5.38 Å². The van der Waals surface area contributed by atoms with E-state index in [2.05, 4.69) is 25.8 Å². The van der Waals surface area contributed by atoms with Gasteiger partial charge in [0.2, 0.25) is 0 Å². The van der Waals surface area contributed by atoms with Crippen LogP contribution in [0.4, 0.5) is 0 Å². The van der Waals surface area contributed by atoms with Crippen LogP contribution in [0.2, 0.25) is 0 Å². The fourth-order valence-electron chi connectivity index (χ4n) is 2.54. The zero-order valence-electron chi connectivity index (χ0n) is 12.6. The SMILES string of the molecule is CC(C)CC(N)c1nc(C(=O)N2CCC(C)CC2)cs1. The molecule has 0 aromatic carbocycles. The number of thiazole rings is 1. The van der Waals surface area contributed by atoms with Gasteiger partial charge in [0.05, 0.1) is 6.04 Å². The van der Waals surface area contributed by atoms with Crippen molar-refractivity contribution in [3.8, 4) is 0 Å².